The number of hydrogen-bond donors (Lipinski definition) is 0. The second-order valence-corrected chi connectivity index (χ2v) is 18.0. The molecular formula is C39H31Br2N9O8S2. The van der Waals surface area contributed by atoms with Crippen LogP contribution in [0.15, 0.2) is 147 Å². The lowest BCUT2D eigenvalue weighted by atomic mass is 10.1. The highest BCUT2D eigenvalue weighted by molar-refractivity contribution is 9.10. The summed E-state index contributed by atoms with van der Waals surface area (Å²) in [7, 11) is -6.50. The molecule has 0 radical (unpaired) electrons. The Labute approximate surface area is 359 Å². The zero-order valence-electron chi connectivity index (χ0n) is 30.3. The topological polar surface area (TPSA) is 221 Å². The van der Waals surface area contributed by atoms with E-state index in [1.165, 1.54) is 60.4 Å². The van der Waals surface area contributed by atoms with Crippen LogP contribution in [0.1, 0.15) is 18.7 Å². The maximum Gasteiger partial charge on any atom is 0.289 e. The smallest absolute Gasteiger partial charge is 0.275 e. The zero-order valence-corrected chi connectivity index (χ0v) is 35.1. The Morgan fingerprint density at radius 2 is 1.18 bits per heavy atom. The molecule has 0 aliphatic heterocycles. The number of aryl methyl sites for hydroxylation is 1. The monoisotopic (exact) mass is 975 g/mol. The summed E-state index contributed by atoms with van der Waals surface area (Å²) in [6.07, 6.45) is 16.3. The molecule has 1 aliphatic rings. The summed E-state index contributed by atoms with van der Waals surface area (Å²) in [6, 6.07) is 19.0. The number of nitro benzene ring substituents is 2. The van der Waals surface area contributed by atoms with Crippen molar-refractivity contribution >= 4 is 91.4 Å². The Morgan fingerprint density at radius 1 is 0.667 bits per heavy atom. The molecule has 0 N–H and O–H groups in total. The van der Waals surface area contributed by atoms with Crippen molar-refractivity contribution in [3.8, 4) is 11.1 Å². The number of aromatic nitrogens is 7. The molecule has 306 valence electrons. The Bertz CT molecular complexity index is 3200. The lowest BCUT2D eigenvalue weighted by Gasteiger charge is -2.08. The van der Waals surface area contributed by atoms with Crippen molar-refractivity contribution < 1.29 is 26.7 Å². The van der Waals surface area contributed by atoms with Crippen molar-refractivity contribution in [1.29, 1.82) is 0 Å². The molecule has 0 amide bonds. The standard InChI is InChI=1S/C17H13N5O4S.C13H8BrN3O4S.C8H6BrN.CH4/c1-20-11-13(10-19-20)12-8-16-14(18-9-12)6-7-21(16)27(25,26)17-5-3-2-4-15(17)22(23)24;14-9-7-12-10(15-8-9)5-6-16(12)22(20,21)13-4-2-1-3-11(13)17(18)19;9-7-4-6-2-1-3-8(6)10-5-7;/h2-11H,1H3;1-8H;1,3-5H,2H2;1H4. The third kappa shape index (κ3) is 8.64. The second kappa shape index (κ2) is 17.4. The SMILES string of the molecule is Brc1cnc2c(c1)CC=C2.C.Cn1cc(-c2cnc3ccn(S(=O)(=O)c4ccccc4[N+](=O)[O-])c3c2)cn1.O=[N+]([O-])c1ccccc1S(=O)(=O)n1ccc2ncc(Br)cc21. The fourth-order valence-corrected chi connectivity index (χ4v) is 9.75. The van der Waals surface area contributed by atoms with Crippen LogP contribution in [-0.4, -0.2) is 59.4 Å². The zero-order chi connectivity index (χ0) is 42.1. The molecule has 8 aromatic rings. The molecule has 0 saturated heterocycles. The van der Waals surface area contributed by atoms with E-state index in [4.69, 9.17) is 0 Å². The number of para-hydroxylation sites is 2. The lowest BCUT2D eigenvalue weighted by molar-refractivity contribution is -0.388. The predicted octanol–water partition coefficient (Wildman–Crippen LogP) is 8.58. The predicted molar refractivity (Wildman–Crippen MR) is 232 cm³/mol. The molecule has 0 saturated carbocycles. The second-order valence-electron chi connectivity index (χ2n) is 12.6. The van der Waals surface area contributed by atoms with Crippen LogP contribution < -0.4 is 0 Å². The van der Waals surface area contributed by atoms with Crippen LogP contribution in [0.2, 0.25) is 0 Å². The van der Waals surface area contributed by atoms with Gasteiger partial charge in [0.05, 0.1) is 43.8 Å². The number of rotatable bonds is 7. The van der Waals surface area contributed by atoms with Crippen molar-refractivity contribution in [1.82, 2.24) is 32.7 Å². The van der Waals surface area contributed by atoms with Crippen molar-refractivity contribution in [2.45, 2.75) is 23.6 Å². The van der Waals surface area contributed by atoms with Gasteiger partial charge in [0.25, 0.3) is 31.4 Å². The van der Waals surface area contributed by atoms with Gasteiger partial charge < -0.3 is 0 Å². The number of pyridine rings is 3. The average Bonchev–Trinajstić information content (AvgIpc) is 4.04. The molecule has 0 spiro atoms. The van der Waals surface area contributed by atoms with E-state index in [-0.39, 0.29) is 17.2 Å². The lowest BCUT2D eigenvalue weighted by Crippen LogP contribution is -2.13. The van der Waals surface area contributed by atoms with Crippen LogP contribution in [0.3, 0.4) is 0 Å². The number of nitrogens with zero attached hydrogens (tertiary/aromatic N) is 9. The van der Waals surface area contributed by atoms with E-state index in [2.05, 4.69) is 70.1 Å². The van der Waals surface area contributed by atoms with Crippen LogP contribution in [0.25, 0.3) is 39.3 Å². The first-order valence-electron chi connectivity index (χ1n) is 17.0. The van der Waals surface area contributed by atoms with Crippen molar-refractivity contribution in [3.05, 3.63) is 169 Å². The van der Waals surface area contributed by atoms with Crippen molar-refractivity contribution in [2.24, 2.45) is 7.05 Å². The normalized spacial score (nSPS) is 11.8. The number of hydrogen-bond acceptors (Lipinski definition) is 12. The van der Waals surface area contributed by atoms with Crippen molar-refractivity contribution in [2.75, 3.05) is 0 Å². The summed E-state index contributed by atoms with van der Waals surface area (Å²) in [5.74, 6) is 0. The highest BCUT2D eigenvalue weighted by Gasteiger charge is 2.29. The summed E-state index contributed by atoms with van der Waals surface area (Å²) in [5, 5.41) is 26.4. The van der Waals surface area contributed by atoms with Gasteiger partial charge in [0, 0.05) is 76.4 Å². The molecule has 9 rings (SSSR count). The largest absolute Gasteiger partial charge is 0.289 e. The first-order valence-corrected chi connectivity index (χ1v) is 21.5. The summed E-state index contributed by atoms with van der Waals surface area (Å²) >= 11 is 6.61. The Kier molecular flexibility index (Phi) is 12.5. The maximum atomic E-state index is 13.1. The Morgan fingerprint density at radius 3 is 1.73 bits per heavy atom. The average molecular weight is 978 g/mol. The minimum absolute atomic E-state index is 0. The van der Waals surface area contributed by atoms with E-state index < -0.39 is 41.3 Å². The van der Waals surface area contributed by atoms with Gasteiger partial charge in [-0.3, -0.25) is 39.9 Å². The maximum absolute atomic E-state index is 13.1. The van der Waals surface area contributed by atoms with Gasteiger partial charge in [-0.1, -0.05) is 37.8 Å². The molecule has 0 unspecified atom stereocenters. The molecule has 0 fully saturated rings. The highest BCUT2D eigenvalue weighted by atomic mass is 79.9. The molecule has 21 heteroatoms. The van der Waals surface area contributed by atoms with Gasteiger partial charge in [-0.15, -0.1) is 0 Å². The molecule has 0 bridgehead atoms. The Hall–Kier alpha value is -6.42. The van der Waals surface area contributed by atoms with Gasteiger partial charge in [0.15, 0.2) is 9.79 Å². The van der Waals surface area contributed by atoms with E-state index in [0.29, 0.717) is 32.1 Å². The van der Waals surface area contributed by atoms with Crippen LogP contribution in [0, 0.1) is 20.2 Å². The molecule has 0 atom stereocenters. The van der Waals surface area contributed by atoms with E-state index >= 15 is 0 Å². The molecular weight excluding hydrogens is 946 g/mol. The molecule has 6 aromatic heterocycles. The number of fused-ring (bicyclic) bond motifs is 3. The van der Waals surface area contributed by atoms with Gasteiger partial charge in [0.2, 0.25) is 0 Å². The Balaban J connectivity index is 0.000000163. The van der Waals surface area contributed by atoms with E-state index in [9.17, 15) is 37.1 Å². The molecule has 6 heterocycles. The fourth-order valence-electron chi connectivity index (χ4n) is 6.06. The molecule has 1 aliphatic carbocycles. The quantitative estimate of drug-likeness (QED) is 0.108. The van der Waals surface area contributed by atoms with Gasteiger partial charge in [0.1, 0.15) is 0 Å². The third-order valence-corrected chi connectivity index (χ3v) is 13.1. The van der Waals surface area contributed by atoms with E-state index in [1.54, 1.807) is 54.7 Å². The van der Waals surface area contributed by atoms with Gasteiger partial charge in [-0.2, -0.15) is 5.10 Å². The van der Waals surface area contributed by atoms with Gasteiger partial charge >= 0.3 is 0 Å². The van der Waals surface area contributed by atoms with Gasteiger partial charge in [-0.25, -0.2) is 24.8 Å². The summed E-state index contributed by atoms with van der Waals surface area (Å²) in [6.45, 7) is 0. The van der Waals surface area contributed by atoms with Crippen molar-refractivity contribution in [3.63, 3.8) is 0 Å². The first-order chi connectivity index (χ1) is 28.1. The van der Waals surface area contributed by atoms with Gasteiger partial charge in [-0.05, 0) is 92.4 Å². The fraction of sp³-hybridized carbons (Fsp3) is 0.0769. The minimum atomic E-state index is -4.18. The molecule has 60 heavy (non-hydrogen) atoms. The first kappa shape index (κ1) is 43.2. The molecule has 17 nitrogen and oxygen atoms in total. The number of allylic oxidation sites excluding steroid dienone is 1. The van der Waals surface area contributed by atoms with Crippen LogP contribution in [0.5, 0.6) is 0 Å². The number of nitro groups is 2. The third-order valence-electron chi connectivity index (χ3n) is 8.79. The van der Waals surface area contributed by atoms with Crippen LogP contribution in [0.4, 0.5) is 11.4 Å². The summed E-state index contributed by atoms with van der Waals surface area (Å²) in [5.41, 5.74) is 4.56. The minimum Gasteiger partial charge on any atom is -0.275 e. The van der Waals surface area contributed by atoms with Crippen LogP contribution >= 0.6 is 31.9 Å². The highest BCUT2D eigenvalue weighted by Crippen LogP contribution is 2.31. The van der Waals surface area contributed by atoms with E-state index in [1.807, 2.05) is 6.20 Å². The van der Waals surface area contributed by atoms with Crippen LogP contribution in [-0.2, 0) is 33.5 Å². The number of halogens is 2. The molecule has 2 aromatic carbocycles. The number of benzene rings is 2. The summed E-state index contributed by atoms with van der Waals surface area (Å²) < 4.78 is 57.0. The van der Waals surface area contributed by atoms with E-state index in [0.717, 1.165) is 42.2 Å². The summed E-state index contributed by atoms with van der Waals surface area (Å²) in [4.78, 5) is 32.8.